The Morgan fingerprint density at radius 3 is 2.41 bits per heavy atom. The lowest BCUT2D eigenvalue weighted by atomic mass is 9.87. The number of rotatable bonds is 10. The number of methoxy groups -OCH3 is 1. The van der Waals surface area contributed by atoms with Crippen molar-refractivity contribution in [1.82, 2.24) is 14.8 Å². The molecule has 0 bridgehead atoms. The largest absolute Gasteiger partial charge is 0.460 e. The zero-order chi connectivity index (χ0) is 23.0. The number of aromatic nitrogens is 3. The molecule has 0 aliphatic heterocycles. The van der Waals surface area contributed by atoms with Crippen LogP contribution in [0.3, 0.4) is 0 Å². The Kier molecular flexibility index (Phi) is 8.47. The molecule has 0 spiro atoms. The lowest BCUT2D eigenvalue weighted by molar-refractivity contribution is -0.141. The predicted octanol–water partition coefficient (Wildman–Crippen LogP) is 5.11. The molecule has 170 valence electrons. The molecule has 3 rings (SSSR count). The summed E-state index contributed by atoms with van der Waals surface area (Å²) in [6.45, 7) is 8.21. The smallest absolute Gasteiger partial charge is 0.316 e. The van der Waals surface area contributed by atoms with Crippen LogP contribution in [0.1, 0.15) is 38.3 Å². The number of carbonyl (C=O) groups is 1. The number of thioether (sulfide) groups is 1. The number of carbonyl (C=O) groups excluding carboxylic acids is 1. The van der Waals surface area contributed by atoms with Crippen LogP contribution in [-0.4, -0.2) is 40.2 Å². The van der Waals surface area contributed by atoms with Crippen molar-refractivity contribution in [1.29, 1.82) is 0 Å². The Bertz CT molecular complexity index is 996. The Balaban J connectivity index is 1.70. The summed E-state index contributed by atoms with van der Waals surface area (Å²) >= 11 is 1.35. The fourth-order valence-corrected chi connectivity index (χ4v) is 3.96. The molecule has 1 aromatic heterocycles. The minimum absolute atomic E-state index is 0.0891. The molecule has 6 nitrogen and oxygen atoms in total. The first-order chi connectivity index (χ1) is 15.4. The van der Waals surface area contributed by atoms with E-state index in [4.69, 9.17) is 9.47 Å². The van der Waals surface area contributed by atoms with Crippen molar-refractivity contribution < 1.29 is 14.3 Å². The number of benzene rings is 2. The van der Waals surface area contributed by atoms with Crippen LogP contribution < -0.4 is 0 Å². The van der Waals surface area contributed by atoms with Crippen molar-refractivity contribution in [2.24, 2.45) is 0 Å². The number of ether oxygens (including phenoxy) is 2. The van der Waals surface area contributed by atoms with E-state index in [-0.39, 0.29) is 23.7 Å². The maximum Gasteiger partial charge on any atom is 0.316 e. The second-order valence-corrected chi connectivity index (χ2v) is 9.51. The second kappa shape index (κ2) is 11.3. The van der Waals surface area contributed by atoms with Crippen LogP contribution in [0, 0.1) is 0 Å². The van der Waals surface area contributed by atoms with Crippen LogP contribution in [0.15, 0.2) is 59.8 Å². The van der Waals surface area contributed by atoms with E-state index >= 15 is 0 Å². The summed E-state index contributed by atoms with van der Waals surface area (Å²) in [6, 6.07) is 18.1. The molecular formula is C25H31N3O3S. The Morgan fingerprint density at radius 2 is 1.75 bits per heavy atom. The normalized spacial score (nSPS) is 11.5. The maximum atomic E-state index is 12.2. The average molecular weight is 454 g/mol. The molecule has 32 heavy (non-hydrogen) atoms. The average Bonchev–Trinajstić information content (AvgIpc) is 3.19. The molecule has 2 aromatic carbocycles. The van der Waals surface area contributed by atoms with Gasteiger partial charge in [-0.3, -0.25) is 4.79 Å². The summed E-state index contributed by atoms with van der Waals surface area (Å²) < 4.78 is 12.7. The summed E-state index contributed by atoms with van der Waals surface area (Å²) in [5, 5.41) is 9.49. The highest BCUT2D eigenvalue weighted by Crippen LogP contribution is 2.28. The highest BCUT2D eigenvalue weighted by molar-refractivity contribution is 7.99. The van der Waals surface area contributed by atoms with Crippen molar-refractivity contribution in [2.45, 2.75) is 50.9 Å². The van der Waals surface area contributed by atoms with Crippen molar-refractivity contribution in [3.63, 3.8) is 0 Å². The molecule has 0 fully saturated rings. The van der Waals surface area contributed by atoms with E-state index in [1.807, 2.05) is 30.3 Å². The fourth-order valence-electron chi connectivity index (χ4n) is 3.20. The van der Waals surface area contributed by atoms with E-state index in [0.29, 0.717) is 18.3 Å². The highest BCUT2D eigenvalue weighted by Gasteiger charge is 2.18. The summed E-state index contributed by atoms with van der Waals surface area (Å²) in [4.78, 5) is 12.2. The summed E-state index contributed by atoms with van der Waals surface area (Å²) in [7, 11) is 1.69. The molecule has 0 saturated heterocycles. The first-order valence-corrected chi connectivity index (χ1v) is 11.7. The standard InChI is InChI=1S/C25H31N3O3S/c1-25(2,3)21-13-11-20(12-14-21)23-26-27-24(28(23)15-8-16-30-4)32-18-22(29)31-17-19-9-6-5-7-10-19/h5-7,9-14H,8,15-18H2,1-4H3. The molecule has 0 saturated carbocycles. The van der Waals surface area contributed by atoms with Gasteiger partial charge in [-0.2, -0.15) is 0 Å². The van der Waals surface area contributed by atoms with Crippen molar-refractivity contribution >= 4 is 17.7 Å². The van der Waals surface area contributed by atoms with Crippen LogP contribution >= 0.6 is 11.8 Å². The lowest BCUT2D eigenvalue weighted by Gasteiger charge is -2.19. The second-order valence-electron chi connectivity index (χ2n) is 8.57. The predicted molar refractivity (Wildman–Crippen MR) is 128 cm³/mol. The third-order valence-corrected chi connectivity index (χ3v) is 5.96. The number of esters is 1. The quantitative estimate of drug-likeness (QED) is 0.241. The molecular weight excluding hydrogens is 422 g/mol. The molecule has 0 unspecified atom stereocenters. The molecule has 7 heteroatoms. The van der Waals surface area contributed by atoms with E-state index in [0.717, 1.165) is 23.4 Å². The fraction of sp³-hybridized carbons (Fsp3) is 0.400. The van der Waals surface area contributed by atoms with Gasteiger partial charge < -0.3 is 14.0 Å². The van der Waals surface area contributed by atoms with Gasteiger partial charge in [0.15, 0.2) is 11.0 Å². The van der Waals surface area contributed by atoms with E-state index in [9.17, 15) is 4.79 Å². The summed E-state index contributed by atoms with van der Waals surface area (Å²) in [5.74, 6) is 0.696. The molecule has 1 heterocycles. The van der Waals surface area contributed by atoms with E-state index in [2.05, 4.69) is 59.8 Å². The zero-order valence-electron chi connectivity index (χ0n) is 19.2. The van der Waals surface area contributed by atoms with E-state index in [1.54, 1.807) is 7.11 Å². The van der Waals surface area contributed by atoms with Gasteiger partial charge in [-0.1, -0.05) is 87.1 Å². The zero-order valence-corrected chi connectivity index (χ0v) is 20.0. The lowest BCUT2D eigenvalue weighted by Crippen LogP contribution is -2.11. The van der Waals surface area contributed by atoms with Crippen LogP contribution in [0.2, 0.25) is 0 Å². The molecule has 0 atom stereocenters. The van der Waals surface area contributed by atoms with E-state index in [1.165, 1.54) is 17.3 Å². The maximum absolute atomic E-state index is 12.2. The molecule has 0 aliphatic carbocycles. The van der Waals surface area contributed by atoms with Crippen molar-refractivity contribution in [3.05, 3.63) is 65.7 Å². The number of hydrogen-bond acceptors (Lipinski definition) is 6. The van der Waals surface area contributed by atoms with Gasteiger partial charge in [-0.15, -0.1) is 10.2 Å². The topological polar surface area (TPSA) is 66.2 Å². The molecule has 0 N–H and O–H groups in total. The van der Waals surface area contributed by atoms with Gasteiger partial charge in [-0.05, 0) is 23.0 Å². The van der Waals surface area contributed by atoms with Crippen molar-refractivity contribution in [2.75, 3.05) is 19.5 Å². The van der Waals surface area contributed by atoms with Gasteiger partial charge in [0.2, 0.25) is 0 Å². The SMILES string of the molecule is COCCCn1c(SCC(=O)OCc2ccccc2)nnc1-c1ccc(C(C)(C)C)cc1. The third-order valence-electron chi connectivity index (χ3n) is 5.02. The van der Waals surface area contributed by atoms with Gasteiger partial charge in [0, 0.05) is 25.8 Å². The van der Waals surface area contributed by atoms with Crippen molar-refractivity contribution in [3.8, 4) is 11.4 Å². The van der Waals surface area contributed by atoms with Crippen LogP contribution in [0.25, 0.3) is 11.4 Å². The third kappa shape index (κ3) is 6.68. The number of hydrogen-bond donors (Lipinski definition) is 0. The van der Waals surface area contributed by atoms with Crippen LogP contribution in [0.5, 0.6) is 0 Å². The minimum Gasteiger partial charge on any atom is -0.460 e. The first-order valence-electron chi connectivity index (χ1n) is 10.7. The summed E-state index contributed by atoms with van der Waals surface area (Å²) in [5.41, 5.74) is 3.32. The molecule has 0 amide bonds. The van der Waals surface area contributed by atoms with Crippen LogP contribution in [-0.2, 0) is 32.8 Å². The van der Waals surface area contributed by atoms with Gasteiger partial charge in [0.05, 0.1) is 5.75 Å². The van der Waals surface area contributed by atoms with Crippen LogP contribution in [0.4, 0.5) is 0 Å². The summed E-state index contributed by atoms with van der Waals surface area (Å²) in [6.07, 6.45) is 0.827. The number of nitrogens with zero attached hydrogens (tertiary/aromatic N) is 3. The Hall–Kier alpha value is -2.64. The highest BCUT2D eigenvalue weighted by atomic mass is 32.2. The van der Waals surface area contributed by atoms with Gasteiger partial charge in [0.1, 0.15) is 6.61 Å². The Labute approximate surface area is 194 Å². The monoisotopic (exact) mass is 453 g/mol. The van der Waals surface area contributed by atoms with Gasteiger partial charge >= 0.3 is 5.97 Å². The van der Waals surface area contributed by atoms with E-state index < -0.39 is 0 Å². The minimum atomic E-state index is -0.277. The molecule has 0 aliphatic rings. The first kappa shape index (κ1) is 24.0. The molecule has 3 aromatic rings. The Morgan fingerprint density at radius 1 is 1.03 bits per heavy atom. The van der Waals surface area contributed by atoms with Gasteiger partial charge in [0.25, 0.3) is 0 Å². The molecule has 0 radical (unpaired) electrons. The van der Waals surface area contributed by atoms with Gasteiger partial charge in [-0.25, -0.2) is 0 Å².